The first kappa shape index (κ1) is 23.0. The van der Waals surface area contributed by atoms with Crippen LogP contribution in [0.5, 0.6) is 0 Å². The number of hydrogen-bond donors (Lipinski definition) is 2. The lowest BCUT2D eigenvalue weighted by Gasteiger charge is -2.20. The van der Waals surface area contributed by atoms with Gasteiger partial charge in [-0.25, -0.2) is 4.98 Å². The van der Waals surface area contributed by atoms with Crippen LogP contribution < -0.4 is 15.5 Å². The number of halogens is 5. The summed E-state index contributed by atoms with van der Waals surface area (Å²) in [5, 5.41) is 8.40. The third kappa shape index (κ3) is 6.11. The van der Waals surface area contributed by atoms with Crippen molar-refractivity contribution in [2.45, 2.75) is 25.2 Å². The molecule has 1 aliphatic rings. The Morgan fingerprint density at radius 3 is 2.86 bits per heavy atom. The number of aliphatic imine (C=N–C) groups is 1. The van der Waals surface area contributed by atoms with E-state index >= 15 is 0 Å². The first-order valence-corrected chi connectivity index (χ1v) is 9.60. The smallest absolute Gasteiger partial charge is 0.369 e. The fraction of sp³-hybridized carbons (Fsp3) is 0.412. The molecule has 1 saturated heterocycles. The van der Waals surface area contributed by atoms with Gasteiger partial charge in [0.25, 0.3) is 0 Å². The van der Waals surface area contributed by atoms with Gasteiger partial charge in [0.05, 0.1) is 6.54 Å². The van der Waals surface area contributed by atoms with Crippen LogP contribution in [0.4, 0.5) is 18.9 Å². The van der Waals surface area contributed by atoms with E-state index in [4.69, 9.17) is 11.6 Å². The van der Waals surface area contributed by atoms with E-state index in [0.29, 0.717) is 16.0 Å². The van der Waals surface area contributed by atoms with E-state index in [1.807, 2.05) is 24.3 Å². The number of anilines is 1. The zero-order valence-corrected chi connectivity index (χ0v) is 18.9. The highest BCUT2D eigenvalue weighted by Crippen LogP contribution is 2.30. The Kier molecular flexibility index (Phi) is 8.19. The normalized spacial score (nSPS) is 17.4. The molecule has 0 spiro atoms. The quantitative estimate of drug-likeness (QED) is 0.340. The summed E-state index contributed by atoms with van der Waals surface area (Å²) in [6.07, 6.45) is -3.50. The molecular weight excluding hydrogens is 526 g/mol. The van der Waals surface area contributed by atoms with E-state index in [-0.39, 0.29) is 36.6 Å². The number of nitrogens with one attached hydrogen (secondary N) is 2. The lowest BCUT2D eigenvalue weighted by atomic mass is 10.3. The van der Waals surface area contributed by atoms with Gasteiger partial charge < -0.3 is 15.5 Å². The van der Waals surface area contributed by atoms with Gasteiger partial charge in [0.1, 0.15) is 5.01 Å². The molecule has 154 valence electrons. The summed E-state index contributed by atoms with van der Waals surface area (Å²) < 4.78 is 37.8. The second-order valence-corrected chi connectivity index (χ2v) is 7.48. The maximum absolute atomic E-state index is 12.6. The predicted octanol–water partition coefficient (Wildman–Crippen LogP) is 4.38. The standard InChI is InChI=1S/C17H19ClF3N5S.HI/c1-22-16(23-8-15-25-14(10-27-15)17(19,20)21)24-12-5-6-26(9-12)13-4-2-3-11(18)7-13;/h2-4,7,10,12H,5-6,8-9H2,1H3,(H2,22,23,24);1H. The predicted molar refractivity (Wildman–Crippen MR) is 118 cm³/mol. The van der Waals surface area contributed by atoms with Crippen LogP contribution in [0.2, 0.25) is 5.02 Å². The Labute approximate surface area is 187 Å². The van der Waals surface area contributed by atoms with Gasteiger partial charge in [-0.05, 0) is 24.6 Å². The van der Waals surface area contributed by atoms with Crippen LogP contribution in [0.3, 0.4) is 0 Å². The maximum Gasteiger partial charge on any atom is 0.434 e. The van der Waals surface area contributed by atoms with E-state index < -0.39 is 11.9 Å². The van der Waals surface area contributed by atoms with Crippen LogP contribution in [-0.2, 0) is 12.7 Å². The zero-order chi connectivity index (χ0) is 19.4. The molecule has 2 aromatic rings. The number of nitrogens with zero attached hydrogens (tertiary/aromatic N) is 3. The molecule has 1 aromatic heterocycles. The van der Waals surface area contributed by atoms with Crippen LogP contribution in [0.15, 0.2) is 34.6 Å². The van der Waals surface area contributed by atoms with E-state index in [9.17, 15) is 13.2 Å². The maximum atomic E-state index is 12.6. The van der Waals surface area contributed by atoms with Crippen LogP contribution in [0.1, 0.15) is 17.1 Å². The molecule has 28 heavy (non-hydrogen) atoms. The highest BCUT2D eigenvalue weighted by molar-refractivity contribution is 14.0. The molecule has 0 amide bonds. The minimum absolute atomic E-state index is 0. The second kappa shape index (κ2) is 9.97. The van der Waals surface area contributed by atoms with E-state index in [1.165, 1.54) is 0 Å². The Hall–Kier alpha value is -1.27. The van der Waals surface area contributed by atoms with Gasteiger partial charge >= 0.3 is 6.18 Å². The van der Waals surface area contributed by atoms with E-state index in [1.54, 1.807) is 7.05 Å². The molecule has 0 aliphatic carbocycles. The van der Waals surface area contributed by atoms with Gasteiger partial charge in [0.15, 0.2) is 11.7 Å². The molecule has 3 rings (SSSR count). The Morgan fingerprint density at radius 1 is 1.43 bits per heavy atom. The van der Waals surface area contributed by atoms with Crippen molar-refractivity contribution >= 4 is 58.6 Å². The average molecular weight is 546 g/mol. The van der Waals surface area contributed by atoms with Crippen molar-refractivity contribution < 1.29 is 13.2 Å². The second-order valence-electron chi connectivity index (χ2n) is 6.11. The van der Waals surface area contributed by atoms with Crippen molar-refractivity contribution in [3.63, 3.8) is 0 Å². The summed E-state index contributed by atoms with van der Waals surface area (Å²) in [5.74, 6) is 0.539. The average Bonchev–Trinajstić information content (AvgIpc) is 3.28. The molecule has 2 heterocycles. The lowest BCUT2D eigenvalue weighted by Crippen LogP contribution is -2.44. The molecule has 2 N–H and O–H groups in total. The third-order valence-corrected chi connectivity index (χ3v) is 5.26. The SMILES string of the molecule is CN=C(NCc1nc(C(F)(F)F)cs1)NC1CCN(c2cccc(Cl)c2)C1.I. The van der Waals surface area contributed by atoms with Crippen molar-refractivity contribution in [3.8, 4) is 0 Å². The fourth-order valence-electron chi connectivity index (χ4n) is 2.86. The zero-order valence-electron chi connectivity index (χ0n) is 15.0. The van der Waals surface area contributed by atoms with Crippen molar-refractivity contribution in [2.75, 3.05) is 25.0 Å². The van der Waals surface area contributed by atoms with Crippen LogP contribution >= 0.6 is 46.9 Å². The number of alkyl halides is 3. The number of rotatable bonds is 4. The van der Waals surface area contributed by atoms with Crippen molar-refractivity contribution in [1.29, 1.82) is 0 Å². The molecule has 1 atom stereocenters. The fourth-order valence-corrected chi connectivity index (χ4v) is 3.78. The number of thiazole rings is 1. The van der Waals surface area contributed by atoms with Crippen LogP contribution in [0, 0.1) is 0 Å². The largest absolute Gasteiger partial charge is 0.434 e. The summed E-state index contributed by atoms with van der Waals surface area (Å²) in [7, 11) is 1.63. The highest BCUT2D eigenvalue weighted by Gasteiger charge is 2.33. The van der Waals surface area contributed by atoms with Gasteiger partial charge in [-0.3, -0.25) is 4.99 Å². The van der Waals surface area contributed by atoms with E-state index in [2.05, 4.69) is 25.5 Å². The first-order valence-electron chi connectivity index (χ1n) is 8.34. The Balaban J connectivity index is 0.00000280. The molecule has 1 unspecified atom stereocenters. The highest BCUT2D eigenvalue weighted by atomic mass is 127. The topological polar surface area (TPSA) is 52.6 Å². The number of benzene rings is 1. The summed E-state index contributed by atoms with van der Waals surface area (Å²) in [6, 6.07) is 7.88. The Morgan fingerprint density at radius 2 is 2.21 bits per heavy atom. The van der Waals surface area contributed by atoms with Crippen LogP contribution in [0.25, 0.3) is 0 Å². The summed E-state index contributed by atoms with van der Waals surface area (Å²) >= 11 is 7.02. The molecule has 1 aromatic carbocycles. The number of guanidine groups is 1. The van der Waals surface area contributed by atoms with Gasteiger partial charge in [-0.2, -0.15) is 13.2 Å². The summed E-state index contributed by atoms with van der Waals surface area (Å²) in [5.41, 5.74) is 0.206. The molecule has 11 heteroatoms. The van der Waals surface area contributed by atoms with Crippen molar-refractivity contribution in [3.05, 3.63) is 45.4 Å². The monoisotopic (exact) mass is 545 g/mol. The number of aromatic nitrogens is 1. The van der Waals surface area contributed by atoms with Gasteiger partial charge in [0.2, 0.25) is 0 Å². The van der Waals surface area contributed by atoms with Crippen LogP contribution in [-0.4, -0.2) is 37.1 Å². The third-order valence-electron chi connectivity index (χ3n) is 4.18. The molecule has 0 saturated carbocycles. The Bertz CT molecular complexity index is 814. The first-order chi connectivity index (χ1) is 12.8. The van der Waals surface area contributed by atoms with Crippen molar-refractivity contribution in [1.82, 2.24) is 15.6 Å². The van der Waals surface area contributed by atoms with E-state index in [0.717, 1.165) is 41.9 Å². The van der Waals surface area contributed by atoms with Gasteiger partial charge in [-0.15, -0.1) is 35.3 Å². The van der Waals surface area contributed by atoms with Crippen molar-refractivity contribution in [2.24, 2.45) is 4.99 Å². The molecule has 1 fully saturated rings. The lowest BCUT2D eigenvalue weighted by molar-refractivity contribution is -0.140. The molecular formula is C17H20ClF3IN5S. The minimum atomic E-state index is -4.41. The van der Waals surface area contributed by atoms with Gasteiger partial charge in [-0.1, -0.05) is 17.7 Å². The number of hydrogen-bond acceptors (Lipinski definition) is 4. The molecule has 1 aliphatic heterocycles. The van der Waals surface area contributed by atoms with Gasteiger partial charge in [0, 0.05) is 42.3 Å². The molecule has 0 bridgehead atoms. The summed E-state index contributed by atoms with van der Waals surface area (Å²) in [6.45, 7) is 1.86. The summed E-state index contributed by atoms with van der Waals surface area (Å²) in [4.78, 5) is 9.98. The minimum Gasteiger partial charge on any atom is -0.369 e. The molecule has 5 nitrogen and oxygen atoms in total. The molecule has 0 radical (unpaired) electrons.